The molecular formula is C13H21F3N2O3. The second-order valence-corrected chi connectivity index (χ2v) is 5.36. The van der Waals surface area contributed by atoms with Gasteiger partial charge in [0, 0.05) is 26.2 Å². The van der Waals surface area contributed by atoms with Crippen LogP contribution in [0.4, 0.5) is 18.0 Å². The summed E-state index contributed by atoms with van der Waals surface area (Å²) in [6, 6.07) is -0.383. The summed E-state index contributed by atoms with van der Waals surface area (Å²) >= 11 is 0. The van der Waals surface area contributed by atoms with E-state index in [0.29, 0.717) is 6.54 Å². The summed E-state index contributed by atoms with van der Waals surface area (Å²) in [5.74, 6) is -3.06. The van der Waals surface area contributed by atoms with Gasteiger partial charge >= 0.3 is 18.2 Å². The Balaban J connectivity index is 2.57. The number of hydrogen-bond donors (Lipinski definition) is 1. The first-order valence-corrected chi connectivity index (χ1v) is 7.00. The maximum absolute atomic E-state index is 12.6. The van der Waals surface area contributed by atoms with Gasteiger partial charge in [0.15, 0.2) is 0 Å². The third-order valence-electron chi connectivity index (χ3n) is 3.80. The molecule has 0 aromatic rings. The minimum Gasteiger partial charge on any atom is -0.481 e. The average molecular weight is 310 g/mol. The van der Waals surface area contributed by atoms with E-state index in [1.54, 1.807) is 6.92 Å². The van der Waals surface area contributed by atoms with E-state index in [4.69, 9.17) is 5.11 Å². The van der Waals surface area contributed by atoms with Crippen molar-refractivity contribution in [2.45, 2.75) is 32.9 Å². The maximum Gasteiger partial charge on any atom is 0.391 e. The summed E-state index contributed by atoms with van der Waals surface area (Å²) in [6.45, 7) is 3.71. The van der Waals surface area contributed by atoms with Gasteiger partial charge < -0.3 is 14.9 Å². The number of urea groups is 1. The van der Waals surface area contributed by atoms with Gasteiger partial charge in [-0.05, 0) is 19.8 Å². The Morgan fingerprint density at radius 2 is 1.86 bits per heavy atom. The van der Waals surface area contributed by atoms with Crippen LogP contribution in [0.2, 0.25) is 0 Å². The van der Waals surface area contributed by atoms with Gasteiger partial charge in [-0.2, -0.15) is 13.2 Å². The number of carboxylic acid groups (broad SMARTS) is 1. The van der Waals surface area contributed by atoms with Gasteiger partial charge in [0.25, 0.3) is 0 Å². The summed E-state index contributed by atoms with van der Waals surface area (Å²) in [5.41, 5.74) is 0. The Morgan fingerprint density at radius 3 is 2.24 bits per heavy atom. The fourth-order valence-electron chi connectivity index (χ4n) is 2.35. The molecule has 0 bridgehead atoms. The number of likely N-dealkylation sites (tertiary alicyclic amines) is 1. The molecule has 0 aliphatic carbocycles. The Hall–Kier alpha value is -1.47. The summed E-state index contributed by atoms with van der Waals surface area (Å²) in [7, 11) is 0. The van der Waals surface area contributed by atoms with Crippen molar-refractivity contribution in [3.05, 3.63) is 0 Å². The first-order chi connectivity index (χ1) is 9.66. The Kier molecular flexibility index (Phi) is 5.86. The van der Waals surface area contributed by atoms with E-state index in [-0.39, 0.29) is 38.5 Å². The first-order valence-electron chi connectivity index (χ1n) is 7.00. The highest BCUT2D eigenvalue weighted by Crippen LogP contribution is 2.34. The highest BCUT2D eigenvalue weighted by molar-refractivity contribution is 5.76. The minimum absolute atomic E-state index is 0.0565. The van der Waals surface area contributed by atoms with Crippen LogP contribution in [-0.2, 0) is 4.79 Å². The number of alkyl halides is 3. The number of hydrogen-bond acceptors (Lipinski definition) is 2. The van der Waals surface area contributed by atoms with Crippen LogP contribution in [0.25, 0.3) is 0 Å². The number of halogens is 3. The van der Waals surface area contributed by atoms with Gasteiger partial charge in [-0.25, -0.2) is 4.79 Å². The number of amides is 2. The van der Waals surface area contributed by atoms with E-state index in [1.165, 1.54) is 16.7 Å². The van der Waals surface area contributed by atoms with Crippen molar-refractivity contribution >= 4 is 12.0 Å². The largest absolute Gasteiger partial charge is 0.481 e. The molecule has 122 valence electrons. The van der Waals surface area contributed by atoms with Crippen molar-refractivity contribution in [2.24, 2.45) is 11.8 Å². The standard InChI is InChI=1S/C13H21F3N2O3/c1-3-17(8-9(2)11(19)20)12(21)18-6-4-10(5-7-18)13(14,15)16/h9-10H,3-8H2,1-2H3,(H,19,20). The van der Waals surface area contributed by atoms with Gasteiger partial charge in [-0.3, -0.25) is 4.79 Å². The smallest absolute Gasteiger partial charge is 0.391 e. The highest BCUT2D eigenvalue weighted by atomic mass is 19.4. The first kappa shape index (κ1) is 17.6. The lowest BCUT2D eigenvalue weighted by Crippen LogP contribution is -2.49. The molecule has 1 N–H and O–H groups in total. The van der Waals surface area contributed by atoms with Crippen molar-refractivity contribution in [1.82, 2.24) is 9.80 Å². The zero-order valence-electron chi connectivity index (χ0n) is 12.2. The number of carboxylic acids is 1. The molecule has 8 heteroatoms. The normalized spacial score (nSPS) is 18.4. The van der Waals surface area contributed by atoms with Crippen LogP contribution in [-0.4, -0.2) is 59.3 Å². The van der Waals surface area contributed by atoms with Crippen LogP contribution in [0, 0.1) is 11.8 Å². The Morgan fingerprint density at radius 1 is 1.33 bits per heavy atom. The number of aliphatic carboxylic acids is 1. The molecule has 1 heterocycles. The molecular weight excluding hydrogens is 289 g/mol. The zero-order valence-corrected chi connectivity index (χ0v) is 12.2. The molecule has 1 saturated heterocycles. The van der Waals surface area contributed by atoms with E-state index in [9.17, 15) is 22.8 Å². The summed E-state index contributed by atoms with van der Waals surface area (Å²) in [4.78, 5) is 25.8. The van der Waals surface area contributed by atoms with Crippen molar-refractivity contribution in [3.8, 4) is 0 Å². The molecule has 2 amide bonds. The van der Waals surface area contributed by atoms with Gasteiger partial charge in [0.05, 0.1) is 11.8 Å². The van der Waals surface area contributed by atoms with Gasteiger partial charge in [-0.1, -0.05) is 6.92 Å². The predicted octanol–water partition coefficient (Wildman–Crippen LogP) is 2.42. The van der Waals surface area contributed by atoms with E-state index >= 15 is 0 Å². The van der Waals surface area contributed by atoms with Gasteiger partial charge in [0.1, 0.15) is 0 Å². The topological polar surface area (TPSA) is 60.9 Å². The van der Waals surface area contributed by atoms with E-state index in [0.717, 1.165) is 0 Å². The highest BCUT2D eigenvalue weighted by Gasteiger charge is 2.42. The molecule has 1 unspecified atom stereocenters. The third-order valence-corrected chi connectivity index (χ3v) is 3.80. The maximum atomic E-state index is 12.6. The molecule has 0 saturated carbocycles. The fraction of sp³-hybridized carbons (Fsp3) is 0.846. The third kappa shape index (κ3) is 4.78. The number of carbonyl (C=O) groups excluding carboxylic acids is 1. The molecule has 1 atom stereocenters. The molecule has 1 aliphatic heterocycles. The molecule has 5 nitrogen and oxygen atoms in total. The molecule has 21 heavy (non-hydrogen) atoms. The minimum atomic E-state index is -4.21. The SMILES string of the molecule is CCN(CC(C)C(=O)O)C(=O)N1CCC(C(F)(F)F)CC1. The van der Waals surface area contributed by atoms with E-state index in [1.807, 2.05) is 0 Å². The van der Waals surface area contributed by atoms with Crippen LogP contribution in [0.5, 0.6) is 0 Å². The van der Waals surface area contributed by atoms with Crippen LogP contribution in [0.3, 0.4) is 0 Å². The number of carbonyl (C=O) groups is 2. The average Bonchev–Trinajstić information content (AvgIpc) is 2.42. The van der Waals surface area contributed by atoms with Crippen molar-refractivity contribution in [2.75, 3.05) is 26.2 Å². The lowest BCUT2D eigenvalue weighted by atomic mass is 9.96. The van der Waals surface area contributed by atoms with Gasteiger partial charge in [-0.15, -0.1) is 0 Å². The van der Waals surface area contributed by atoms with Crippen molar-refractivity contribution < 1.29 is 27.9 Å². The summed E-state index contributed by atoms with van der Waals surface area (Å²) < 4.78 is 37.7. The molecule has 0 aromatic heterocycles. The summed E-state index contributed by atoms with van der Waals surface area (Å²) in [6.07, 6.45) is -4.40. The molecule has 1 aliphatic rings. The summed E-state index contributed by atoms with van der Waals surface area (Å²) in [5, 5.41) is 8.87. The van der Waals surface area contributed by atoms with Crippen molar-refractivity contribution in [3.63, 3.8) is 0 Å². The van der Waals surface area contributed by atoms with Crippen LogP contribution >= 0.6 is 0 Å². The Labute approximate surface area is 121 Å². The molecule has 1 rings (SSSR count). The van der Waals surface area contributed by atoms with Crippen LogP contribution in [0.1, 0.15) is 26.7 Å². The predicted molar refractivity (Wildman–Crippen MR) is 69.8 cm³/mol. The molecule has 1 fully saturated rings. The number of piperidine rings is 1. The molecule has 0 aromatic carbocycles. The fourth-order valence-corrected chi connectivity index (χ4v) is 2.35. The molecule has 0 radical (unpaired) electrons. The van der Waals surface area contributed by atoms with Crippen LogP contribution in [0.15, 0.2) is 0 Å². The second kappa shape index (κ2) is 7.00. The lowest BCUT2D eigenvalue weighted by Gasteiger charge is -2.36. The van der Waals surface area contributed by atoms with E-state index < -0.39 is 24.0 Å². The quantitative estimate of drug-likeness (QED) is 0.867. The van der Waals surface area contributed by atoms with Crippen LogP contribution < -0.4 is 0 Å². The van der Waals surface area contributed by atoms with Crippen molar-refractivity contribution in [1.29, 1.82) is 0 Å². The monoisotopic (exact) mass is 310 g/mol. The molecule has 0 spiro atoms. The number of rotatable bonds is 4. The Bertz CT molecular complexity index is 379. The van der Waals surface area contributed by atoms with E-state index in [2.05, 4.69) is 0 Å². The lowest BCUT2D eigenvalue weighted by molar-refractivity contribution is -0.183. The zero-order chi connectivity index (χ0) is 16.2. The second-order valence-electron chi connectivity index (χ2n) is 5.36. The van der Waals surface area contributed by atoms with Gasteiger partial charge in [0.2, 0.25) is 0 Å². The number of nitrogens with zero attached hydrogens (tertiary/aromatic N) is 2.